The molecular weight excluding hydrogens is 414 g/mol. The summed E-state index contributed by atoms with van der Waals surface area (Å²) in [6.07, 6.45) is -2.59. The Morgan fingerprint density at radius 1 is 1.19 bits per heavy atom. The van der Waals surface area contributed by atoms with Gasteiger partial charge in [0.25, 0.3) is 0 Å². The molecule has 0 amide bonds. The summed E-state index contributed by atoms with van der Waals surface area (Å²) in [6, 6.07) is 7.85. The number of guanidine groups is 1. The molecule has 0 spiro atoms. The summed E-state index contributed by atoms with van der Waals surface area (Å²) in [7, 11) is 1.64. The lowest BCUT2D eigenvalue weighted by molar-refractivity contribution is -0.181. The molecule has 1 aliphatic heterocycles. The number of halogens is 4. The molecule has 1 fully saturated rings. The number of benzene rings is 1. The van der Waals surface area contributed by atoms with Gasteiger partial charge < -0.3 is 15.0 Å². The zero-order chi connectivity index (χ0) is 22.4. The van der Waals surface area contributed by atoms with Crippen molar-refractivity contribution in [2.24, 2.45) is 4.99 Å². The number of nitrogens with zero attached hydrogens (tertiary/aromatic N) is 4. The van der Waals surface area contributed by atoms with Gasteiger partial charge in [-0.15, -0.1) is 0 Å². The Bertz CT molecular complexity index is 880. The van der Waals surface area contributed by atoms with Gasteiger partial charge in [0.15, 0.2) is 5.96 Å². The van der Waals surface area contributed by atoms with Crippen molar-refractivity contribution < 1.29 is 22.3 Å². The number of pyridine rings is 1. The summed E-state index contributed by atoms with van der Waals surface area (Å²) in [5.41, 5.74) is 0.872. The van der Waals surface area contributed by atoms with E-state index in [0.717, 1.165) is 5.56 Å². The van der Waals surface area contributed by atoms with Crippen LogP contribution in [0, 0.1) is 5.82 Å². The predicted molar refractivity (Wildman–Crippen MR) is 110 cm³/mol. The molecule has 0 bridgehead atoms. The van der Waals surface area contributed by atoms with E-state index in [0.29, 0.717) is 50.3 Å². The van der Waals surface area contributed by atoms with E-state index in [1.165, 1.54) is 24.0 Å². The Labute approximate surface area is 178 Å². The third kappa shape index (κ3) is 6.30. The molecule has 2 heterocycles. The first-order valence-corrected chi connectivity index (χ1v) is 9.91. The highest BCUT2D eigenvalue weighted by atomic mass is 19.4. The highest BCUT2D eigenvalue weighted by Crippen LogP contribution is 2.25. The highest BCUT2D eigenvalue weighted by Gasteiger charge is 2.41. The van der Waals surface area contributed by atoms with E-state index in [9.17, 15) is 17.6 Å². The van der Waals surface area contributed by atoms with Crippen LogP contribution in [0.4, 0.5) is 17.6 Å². The van der Waals surface area contributed by atoms with E-state index >= 15 is 0 Å². The number of alkyl halides is 3. The third-order valence-electron chi connectivity index (χ3n) is 5.11. The minimum Gasteiger partial charge on any atom is -0.439 e. The molecule has 0 saturated carbocycles. The van der Waals surface area contributed by atoms with E-state index in [1.807, 2.05) is 11.0 Å². The Balaban J connectivity index is 1.50. The van der Waals surface area contributed by atoms with Crippen molar-refractivity contribution in [1.82, 2.24) is 20.1 Å². The summed E-state index contributed by atoms with van der Waals surface area (Å²) in [5.74, 6) is 0.934. The fourth-order valence-electron chi connectivity index (χ4n) is 3.27. The van der Waals surface area contributed by atoms with Crippen molar-refractivity contribution in [3.05, 3.63) is 54.0 Å². The molecule has 1 aliphatic rings. The van der Waals surface area contributed by atoms with E-state index in [2.05, 4.69) is 15.3 Å². The quantitative estimate of drug-likeness (QED) is 0.438. The van der Waals surface area contributed by atoms with Gasteiger partial charge in [-0.2, -0.15) is 13.2 Å². The number of nitrogens with one attached hydrogen (secondary N) is 1. The molecule has 0 radical (unpaired) electrons. The van der Waals surface area contributed by atoms with Crippen molar-refractivity contribution >= 4 is 5.96 Å². The Hall–Kier alpha value is -2.88. The molecule has 1 unspecified atom stereocenters. The number of aromatic nitrogens is 1. The standard InChI is InChI=1S/C21H25F4N5O/c1-15(21(23,24)25)29-8-10-30(11-9-29)20(26-2)28-14-16-6-7-19(27-13-16)31-18-5-3-4-17(22)12-18/h3-7,12-13,15H,8-11,14H2,1-2H3,(H,26,28). The van der Waals surface area contributed by atoms with Crippen molar-refractivity contribution in [3.63, 3.8) is 0 Å². The molecule has 0 aliphatic carbocycles. The van der Waals surface area contributed by atoms with Crippen LogP contribution in [0.25, 0.3) is 0 Å². The molecule has 168 valence electrons. The lowest BCUT2D eigenvalue weighted by Gasteiger charge is -2.39. The van der Waals surface area contributed by atoms with Crippen LogP contribution in [0.2, 0.25) is 0 Å². The molecule has 10 heteroatoms. The smallest absolute Gasteiger partial charge is 0.403 e. The molecule has 1 atom stereocenters. The van der Waals surface area contributed by atoms with Crippen LogP contribution in [-0.4, -0.2) is 66.2 Å². The second-order valence-corrected chi connectivity index (χ2v) is 7.21. The fraction of sp³-hybridized carbons (Fsp3) is 0.429. The van der Waals surface area contributed by atoms with Crippen LogP contribution < -0.4 is 10.1 Å². The number of rotatable bonds is 5. The molecule has 1 saturated heterocycles. The summed E-state index contributed by atoms with van der Waals surface area (Å²) < 4.78 is 57.5. The first-order chi connectivity index (χ1) is 14.8. The van der Waals surface area contributed by atoms with Crippen molar-refractivity contribution in [3.8, 4) is 11.6 Å². The summed E-state index contributed by atoms with van der Waals surface area (Å²) in [5, 5.41) is 3.21. The zero-order valence-corrected chi connectivity index (χ0v) is 17.4. The molecule has 1 aromatic carbocycles. The molecule has 6 nitrogen and oxygen atoms in total. The van der Waals surface area contributed by atoms with E-state index in [1.54, 1.807) is 31.4 Å². The van der Waals surface area contributed by atoms with Gasteiger partial charge in [0, 0.05) is 58.1 Å². The van der Waals surface area contributed by atoms with Crippen LogP contribution in [0.5, 0.6) is 11.6 Å². The monoisotopic (exact) mass is 439 g/mol. The van der Waals surface area contributed by atoms with E-state index in [4.69, 9.17) is 4.74 Å². The normalized spacial score (nSPS) is 16.8. The molecule has 2 aromatic rings. The second-order valence-electron chi connectivity index (χ2n) is 7.21. The first kappa shape index (κ1) is 22.8. The average Bonchev–Trinajstić information content (AvgIpc) is 2.74. The Morgan fingerprint density at radius 3 is 2.52 bits per heavy atom. The van der Waals surface area contributed by atoms with Gasteiger partial charge in [-0.3, -0.25) is 9.89 Å². The predicted octanol–water partition coefficient (Wildman–Crippen LogP) is 3.66. The van der Waals surface area contributed by atoms with Crippen LogP contribution in [-0.2, 0) is 6.54 Å². The zero-order valence-electron chi connectivity index (χ0n) is 17.4. The third-order valence-corrected chi connectivity index (χ3v) is 5.11. The van der Waals surface area contributed by atoms with Crippen molar-refractivity contribution in [1.29, 1.82) is 0 Å². The van der Waals surface area contributed by atoms with Gasteiger partial charge in [0.05, 0.1) is 0 Å². The molecule has 1 aromatic heterocycles. The maximum Gasteiger partial charge on any atom is 0.403 e. The highest BCUT2D eigenvalue weighted by molar-refractivity contribution is 5.80. The number of ether oxygens (including phenoxy) is 1. The van der Waals surface area contributed by atoms with Crippen LogP contribution in [0.3, 0.4) is 0 Å². The van der Waals surface area contributed by atoms with Crippen LogP contribution >= 0.6 is 0 Å². The van der Waals surface area contributed by atoms with E-state index < -0.39 is 18.0 Å². The lowest BCUT2D eigenvalue weighted by atomic mass is 10.2. The minimum atomic E-state index is -4.22. The minimum absolute atomic E-state index is 0.315. The summed E-state index contributed by atoms with van der Waals surface area (Å²) >= 11 is 0. The summed E-state index contributed by atoms with van der Waals surface area (Å²) in [6.45, 7) is 3.18. The van der Waals surface area contributed by atoms with Crippen LogP contribution in [0.15, 0.2) is 47.6 Å². The summed E-state index contributed by atoms with van der Waals surface area (Å²) in [4.78, 5) is 11.8. The average molecular weight is 439 g/mol. The van der Waals surface area contributed by atoms with Gasteiger partial charge in [-0.1, -0.05) is 12.1 Å². The van der Waals surface area contributed by atoms with Gasteiger partial charge in [0.1, 0.15) is 17.6 Å². The molecule has 31 heavy (non-hydrogen) atoms. The number of hydrogen-bond acceptors (Lipinski definition) is 4. The van der Waals surface area contributed by atoms with Gasteiger partial charge in [0.2, 0.25) is 5.88 Å². The first-order valence-electron chi connectivity index (χ1n) is 9.91. The fourth-order valence-corrected chi connectivity index (χ4v) is 3.27. The van der Waals surface area contributed by atoms with Gasteiger partial charge in [-0.25, -0.2) is 9.37 Å². The maximum atomic E-state index is 13.2. The lowest BCUT2D eigenvalue weighted by Crippen LogP contribution is -2.56. The number of aliphatic imine (C=N–C) groups is 1. The topological polar surface area (TPSA) is 53.0 Å². The SMILES string of the molecule is CN=C(NCc1ccc(Oc2cccc(F)c2)nc1)N1CCN(C(C)C(F)(F)F)CC1. The van der Waals surface area contributed by atoms with Crippen LogP contribution in [0.1, 0.15) is 12.5 Å². The van der Waals surface area contributed by atoms with E-state index in [-0.39, 0.29) is 0 Å². The Kier molecular flexibility index (Phi) is 7.32. The molecule has 3 rings (SSSR count). The Morgan fingerprint density at radius 2 is 1.94 bits per heavy atom. The maximum absolute atomic E-state index is 13.2. The molecule has 1 N–H and O–H groups in total. The number of piperazine rings is 1. The number of hydrogen-bond donors (Lipinski definition) is 1. The van der Waals surface area contributed by atoms with Gasteiger partial charge in [-0.05, 0) is 24.6 Å². The molecular formula is C21H25F4N5O. The second kappa shape index (κ2) is 9.95. The van der Waals surface area contributed by atoms with Gasteiger partial charge >= 0.3 is 6.18 Å². The largest absolute Gasteiger partial charge is 0.439 e. The van der Waals surface area contributed by atoms with Crippen molar-refractivity contribution in [2.75, 3.05) is 33.2 Å². The van der Waals surface area contributed by atoms with Crippen molar-refractivity contribution in [2.45, 2.75) is 25.7 Å².